The molecule has 7 heteroatoms. The number of carbonyl (C=O) groups is 2. The van der Waals surface area contributed by atoms with Crippen LogP contribution in [0.4, 0.5) is 4.39 Å². The average molecular weight is 526 g/mol. The molecule has 0 atom stereocenters. The van der Waals surface area contributed by atoms with E-state index in [1.807, 2.05) is 55.7 Å². The van der Waals surface area contributed by atoms with Gasteiger partial charge in [0.2, 0.25) is 0 Å². The van der Waals surface area contributed by atoms with Crippen LogP contribution in [0.25, 0.3) is 38.6 Å². The van der Waals surface area contributed by atoms with Crippen molar-refractivity contribution in [3.8, 4) is 16.8 Å². The number of benzene rings is 3. The molecule has 0 aliphatic rings. The fraction of sp³-hybridized carbons (Fsp3) is 0.281. The smallest absolute Gasteiger partial charge is 0.338 e. The van der Waals surface area contributed by atoms with E-state index in [0.717, 1.165) is 33.1 Å². The molecule has 39 heavy (non-hydrogen) atoms. The number of aromatic nitrogens is 3. The van der Waals surface area contributed by atoms with Crippen molar-refractivity contribution < 1.29 is 18.7 Å². The molecule has 6 nitrogen and oxygen atoms in total. The first kappa shape index (κ1) is 26.4. The van der Waals surface area contributed by atoms with E-state index in [-0.39, 0.29) is 23.6 Å². The van der Waals surface area contributed by atoms with Gasteiger partial charge in [-0.2, -0.15) is 9.78 Å². The van der Waals surface area contributed by atoms with Gasteiger partial charge in [0.05, 0.1) is 35.1 Å². The molecule has 0 unspecified atom stereocenters. The quantitative estimate of drug-likeness (QED) is 0.220. The highest BCUT2D eigenvalue weighted by Crippen LogP contribution is 2.42. The number of esters is 1. The average Bonchev–Trinajstić information content (AvgIpc) is 3.45. The third kappa shape index (κ3) is 4.52. The molecule has 0 saturated carbocycles. The summed E-state index contributed by atoms with van der Waals surface area (Å²) in [5, 5.41) is 6.07. The maximum absolute atomic E-state index is 15.3. The van der Waals surface area contributed by atoms with E-state index >= 15 is 4.39 Å². The zero-order valence-electron chi connectivity index (χ0n) is 23.1. The fourth-order valence-corrected chi connectivity index (χ4v) is 5.04. The molecule has 0 saturated heterocycles. The molecule has 5 aromatic rings. The lowest BCUT2D eigenvalue weighted by Crippen LogP contribution is -2.27. The topological polar surface area (TPSA) is 66.1 Å². The van der Waals surface area contributed by atoms with Crippen LogP contribution in [0.2, 0.25) is 0 Å². The predicted molar refractivity (Wildman–Crippen MR) is 152 cm³/mol. The molecule has 0 spiro atoms. The van der Waals surface area contributed by atoms with Crippen LogP contribution in [-0.4, -0.2) is 32.8 Å². The Labute approximate surface area is 227 Å². The zero-order valence-corrected chi connectivity index (χ0v) is 23.1. The van der Waals surface area contributed by atoms with Gasteiger partial charge in [0.25, 0.3) is 5.91 Å². The first-order chi connectivity index (χ1) is 18.5. The SMILES string of the molecule is CCOC(=O)c1ccc(-c2c(C(C)C)n(-c3ccccc3F)c3cc4cnn(C(=O)C(C)(C)C)c4cc23)cc1. The first-order valence-corrected chi connectivity index (χ1v) is 13.2. The third-order valence-electron chi connectivity index (χ3n) is 6.85. The van der Waals surface area contributed by atoms with Gasteiger partial charge in [-0.3, -0.25) is 4.79 Å². The summed E-state index contributed by atoms with van der Waals surface area (Å²) >= 11 is 0. The Hall–Kier alpha value is -4.26. The lowest BCUT2D eigenvalue weighted by Gasteiger charge is -2.16. The van der Waals surface area contributed by atoms with Crippen LogP contribution in [0.15, 0.2) is 66.9 Å². The van der Waals surface area contributed by atoms with Crippen molar-refractivity contribution in [1.82, 2.24) is 14.3 Å². The highest BCUT2D eigenvalue weighted by atomic mass is 19.1. The van der Waals surface area contributed by atoms with Crippen molar-refractivity contribution in [2.75, 3.05) is 6.61 Å². The summed E-state index contributed by atoms with van der Waals surface area (Å²) in [7, 11) is 0. The van der Waals surface area contributed by atoms with Gasteiger partial charge in [0, 0.05) is 27.4 Å². The molecular formula is C32H32FN3O3. The molecule has 0 N–H and O–H groups in total. The van der Waals surface area contributed by atoms with E-state index in [0.29, 0.717) is 23.4 Å². The second-order valence-electron chi connectivity index (χ2n) is 11.0. The molecule has 0 aliphatic heterocycles. The Morgan fingerprint density at radius 2 is 1.69 bits per heavy atom. The molecule has 0 fully saturated rings. The van der Waals surface area contributed by atoms with Crippen molar-refractivity contribution in [1.29, 1.82) is 0 Å². The minimum Gasteiger partial charge on any atom is -0.462 e. The van der Waals surface area contributed by atoms with Gasteiger partial charge < -0.3 is 9.30 Å². The van der Waals surface area contributed by atoms with Crippen molar-refractivity contribution in [3.05, 3.63) is 83.9 Å². The Bertz CT molecular complexity index is 1720. The minimum absolute atomic E-state index is 0.0209. The maximum Gasteiger partial charge on any atom is 0.338 e. The second-order valence-corrected chi connectivity index (χ2v) is 11.0. The van der Waals surface area contributed by atoms with Crippen molar-refractivity contribution >= 4 is 33.7 Å². The normalized spacial score (nSPS) is 12.0. The number of nitrogens with zero attached hydrogens (tertiary/aromatic N) is 3. The van der Waals surface area contributed by atoms with Gasteiger partial charge in [0.1, 0.15) is 5.82 Å². The molecule has 0 aliphatic carbocycles. The minimum atomic E-state index is -0.623. The van der Waals surface area contributed by atoms with Gasteiger partial charge in [-0.15, -0.1) is 0 Å². The van der Waals surface area contributed by atoms with Crippen LogP contribution in [0.1, 0.15) is 68.3 Å². The van der Waals surface area contributed by atoms with E-state index in [1.54, 1.807) is 37.4 Å². The van der Waals surface area contributed by atoms with Gasteiger partial charge in [0.15, 0.2) is 0 Å². The van der Waals surface area contributed by atoms with Gasteiger partial charge >= 0.3 is 5.97 Å². The van der Waals surface area contributed by atoms with E-state index in [4.69, 9.17) is 4.74 Å². The number of hydrogen-bond donors (Lipinski definition) is 0. The summed E-state index contributed by atoms with van der Waals surface area (Å²) in [4.78, 5) is 25.5. The first-order valence-electron chi connectivity index (χ1n) is 13.2. The van der Waals surface area contributed by atoms with Crippen LogP contribution >= 0.6 is 0 Å². The van der Waals surface area contributed by atoms with Crippen LogP contribution in [0, 0.1) is 11.2 Å². The van der Waals surface area contributed by atoms with Crippen molar-refractivity contribution in [3.63, 3.8) is 0 Å². The standard InChI is InChI=1S/C32H32FN3O3/c1-7-39-30(37)21-14-12-20(13-15-21)28-23-17-26-22(18-34-36(26)31(38)32(4,5)6)16-27(23)35(29(28)19(2)3)25-11-9-8-10-24(25)33/h8-19H,7H2,1-6H3. The van der Waals surface area contributed by atoms with E-state index in [9.17, 15) is 9.59 Å². The van der Waals surface area contributed by atoms with E-state index in [1.165, 1.54) is 10.7 Å². The Balaban J connectivity index is 1.87. The number of ether oxygens (including phenoxy) is 1. The van der Waals surface area contributed by atoms with Crippen molar-refractivity contribution in [2.45, 2.75) is 47.5 Å². The number of carbonyl (C=O) groups excluding carboxylic acids is 2. The summed E-state index contributed by atoms with van der Waals surface area (Å²) in [6.07, 6.45) is 1.68. The molecule has 0 bridgehead atoms. The Morgan fingerprint density at radius 1 is 1.00 bits per heavy atom. The fourth-order valence-electron chi connectivity index (χ4n) is 5.04. The lowest BCUT2D eigenvalue weighted by atomic mass is 9.95. The summed E-state index contributed by atoms with van der Waals surface area (Å²) < 4.78 is 23.9. The summed E-state index contributed by atoms with van der Waals surface area (Å²) in [6.45, 7) is 11.8. The summed E-state index contributed by atoms with van der Waals surface area (Å²) in [5.74, 6) is -0.810. The number of fused-ring (bicyclic) bond motifs is 2. The van der Waals surface area contributed by atoms with E-state index < -0.39 is 5.41 Å². The van der Waals surface area contributed by atoms with E-state index in [2.05, 4.69) is 18.9 Å². The third-order valence-corrected chi connectivity index (χ3v) is 6.85. The zero-order chi connectivity index (χ0) is 28.1. The number of halogens is 1. The number of para-hydroxylation sites is 1. The molecule has 0 amide bonds. The van der Waals surface area contributed by atoms with Gasteiger partial charge in [-0.05, 0) is 54.8 Å². The summed E-state index contributed by atoms with van der Waals surface area (Å²) in [5.41, 5.74) is 4.49. The molecule has 3 aromatic carbocycles. The van der Waals surface area contributed by atoms with Gasteiger partial charge in [-0.1, -0.05) is 58.9 Å². The number of hydrogen-bond acceptors (Lipinski definition) is 4. The van der Waals surface area contributed by atoms with Crippen LogP contribution in [-0.2, 0) is 4.74 Å². The monoisotopic (exact) mass is 525 g/mol. The molecular weight excluding hydrogens is 493 g/mol. The Kier molecular flexibility index (Phi) is 6.62. The predicted octanol–water partition coefficient (Wildman–Crippen LogP) is 7.77. The van der Waals surface area contributed by atoms with Crippen LogP contribution < -0.4 is 0 Å². The Morgan fingerprint density at radius 3 is 2.31 bits per heavy atom. The molecule has 0 radical (unpaired) electrons. The molecule has 2 heterocycles. The highest BCUT2D eigenvalue weighted by molar-refractivity contribution is 6.07. The largest absolute Gasteiger partial charge is 0.462 e. The molecule has 200 valence electrons. The van der Waals surface area contributed by atoms with Gasteiger partial charge in [-0.25, -0.2) is 9.18 Å². The van der Waals surface area contributed by atoms with Crippen molar-refractivity contribution in [2.24, 2.45) is 5.41 Å². The lowest BCUT2D eigenvalue weighted by molar-refractivity contribution is 0.0526. The molecule has 2 aromatic heterocycles. The summed E-state index contributed by atoms with van der Waals surface area (Å²) in [6, 6.07) is 17.9. The van der Waals surface area contributed by atoms with Crippen LogP contribution in [0.5, 0.6) is 0 Å². The maximum atomic E-state index is 15.3. The molecule has 5 rings (SSSR count). The second kappa shape index (κ2) is 9.80. The number of rotatable bonds is 5. The highest BCUT2D eigenvalue weighted by Gasteiger charge is 2.28. The van der Waals surface area contributed by atoms with Crippen LogP contribution in [0.3, 0.4) is 0 Å².